The predicted molar refractivity (Wildman–Crippen MR) is 70.2 cm³/mol. The normalized spacial score (nSPS) is 10.8. The summed E-state index contributed by atoms with van der Waals surface area (Å²) in [5.41, 5.74) is 2.27. The predicted octanol–water partition coefficient (Wildman–Crippen LogP) is 2.84. The lowest BCUT2D eigenvalue weighted by atomic mass is 10.3. The summed E-state index contributed by atoms with van der Waals surface area (Å²) < 4.78 is 14.5. The maximum atomic E-state index is 13.0. The molecule has 2 aromatic heterocycles. The van der Waals surface area contributed by atoms with Gasteiger partial charge < -0.3 is 5.32 Å². The van der Waals surface area contributed by atoms with Gasteiger partial charge in [0.05, 0.1) is 11.2 Å². The molecule has 0 saturated carbocycles. The van der Waals surface area contributed by atoms with Crippen LogP contribution in [-0.4, -0.2) is 20.5 Å². The van der Waals surface area contributed by atoms with Crippen molar-refractivity contribution in [2.75, 3.05) is 5.32 Å². The van der Waals surface area contributed by atoms with Crippen LogP contribution in [0.1, 0.15) is 10.5 Å². The second-order valence-corrected chi connectivity index (χ2v) is 4.89. The Kier molecular flexibility index (Phi) is 2.92. The second kappa shape index (κ2) is 4.60. The number of hydrogen-bond donors (Lipinski definition) is 1. The number of hydrogen-bond acceptors (Lipinski definition) is 4. The molecule has 5 nitrogen and oxygen atoms in total. The zero-order chi connectivity index (χ0) is 13.4. The number of rotatable bonds is 2. The summed E-state index contributed by atoms with van der Waals surface area (Å²) in [5.74, 6) is -0.938. The van der Waals surface area contributed by atoms with Crippen molar-refractivity contribution in [3.8, 4) is 0 Å². The Hall–Kier alpha value is -1.99. The van der Waals surface area contributed by atoms with E-state index in [-0.39, 0.29) is 10.7 Å². The average Bonchev–Trinajstić information content (AvgIpc) is 2.94. The summed E-state index contributed by atoms with van der Waals surface area (Å²) in [6.07, 6.45) is 1.52. The Morgan fingerprint density at radius 3 is 3.05 bits per heavy atom. The molecule has 0 bridgehead atoms. The Morgan fingerprint density at radius 2 is 2.32 bits per heavy atom. The van der Waals surface area contributed by atoms with Crippen LogP contribution in [0.25, 0.3) is 4.96 Å². The first-order chi connectivity index (χ1) is 9.13. The Bertz CT molecular complexity index is 740. The van der Waals surface area contributed by atoms with E-state index in [2.05, 4.69) is 15.4 Å². The van der Waals surface area contributed by atoms with Crippen molar-refractivity contribution in [2.24, 2.45) is 0 Å². The van der Waals surface area contributed by atoms with Gasteiger partial charge in [-0.15, -0.1) is 0 Å². The first-order valence-electron chi connectivity index (χ1n) is 5.19. The largest absolute Gasteiger partial charge is 0.321 e. The van der Waals surface area contributed by atoms with E-state index in [9.17, 15) is 9.18 Å². The number of amides is 1. The van der Waals surface area contributed by atoms with Crippen molar-refractivity contribution in [3.63, 3.8) is 0 Å². The average molecular weight is 297 g/mol. The van der Waals surface area contributed by atoms with E-state index in [0.29, 0.717) is 10.6 Å². The first kappa shape index (κ1) is 12.1. The van der Waals surface area contributed by atoms with Gasteiger partial charge in [-0.3, -0.25) is 4.79 Å². The zero-order valence-corrected chi connectivity index (χ0v) is 10.9. The molecule has 0 spiro atoms. The maximum Gasteiger partial charge on any atom is 0.275 e. The third kappa shape index (κ3) is 2.29. The highest BCUT2D eigenvalue weighted by Crippen LogP contribution is 2.20. The molecule has 1 amide bonds. The number of nitrogens with zero attached hydrogens (tertiary/aromatic N) is 3. The topological polar surface area (TPSA) is 59.3 Å². The molecule has 0 aliphatic heterocycles. The number of fused-ring (bicyclic) bond motifs is 1. The number of halogens is 2. The summed E-state index contributed by atoms with van der Waals surface area (Å²) in [7, 11) is 0. The molecule has 0 radical (unpaired) electrons. The number of nitrogens with one attached hydrogen (secondary N) is 1. The molecule has 0 aliphatic rings. The number of carbonyl (C=O) groups is 1. The lowest BCUT2D eigenvalue weighted by molar-refractivity contribution is 0.102. The van der Waals surface area contributed by atoms with Crippen LogP contribution < -0.4 is 5.32 Å². The van der Waals surface area contributed by atoms with E-state index < -0.39 is 11.7 Å². The highest BCUT2D eigenvalue weighted by Gasteiger charge is 2.12. The molecule has 8 heteroatoms. The van der Waals surface area contributed by atoms with Crippen molar-refractivity contribution in [3.05, 3.63) is 46.4 Å². The first-order valence-corrected chi connectivity index (χ1v) is 6.44. The molecule has 96 valence electrons. The van der Waals surface area contributed by atoms with E-state index in [1.807, 2.05) is 0 Å². The molecule has 1 N–H and O–H groups in total. The van der Waals surface area contributed by atoms with E-state index in [1.54, 1.807) is 5.51 Å². The molecule has 0 atom stereocenters. The number of imidazole rings is 1. The molecule has 3 rings (SSSR count). The minimum atomic E-state index is -0.536. The summed E-state index contributed by atoms with van der Waals surface area (Å²) in [6.45, 7) is 0. The summed E-state index contributed by atoms with van der Waals surface area (Å²) in [5, 5.41) is 6.51. The Morgan fingerprint density at radius 1 is 1.47 bits per heavy atom. The highest BCUT2D eigenvalue weighted by molar-refractivity contribution is 7.14. The number of carbonyl (C=O) groups excluding carboxylic acids is 1. The van der Waals surface area contributed by atoms with Crippen LogP contribution in [0, 0.1) is 5.82 Å². The van der Waals surface area contributed by atoms with Crippen molar-refractivity contribution in [1.82, 2.24) is 14.6 Å². The molecule has 19 heavy (non-hydrogen) atoms. The zero-order valence-electron chi connectivity index (χ0n) is 9.30. The standard InChI is InChI=1S/C11H6ClFN4OS/c12-7-3-6(1-2-8(7)13)15-10(18)9-4-17-11(16-9)19-5-14-17/h1-5H,(H,15,18). The second-order valence-electron chi connectivity index (χ2n) is 3.68. The van der Waals surface area contributed by atoms with Gasteiger partial charge in [0, 0.05) is 5.69 Å². The quantitative estimate of drug-likeness (QED) is 0.791. The number of benzene rings is 1. The fraction of sp³-hybridized carbons (Fsp3) is 0. The van der Waals surface area contributed by atoms with Crippen molar-refractivity contribution in [1.29, 1.82) is 0 Å². The fourth-order valence-electron chi connectivity index (χ4n) is 1.52. The lowest BCUT2D eigenvalue weighted by Crippen LogP contribution is -2.12. The van der Waals surface area contributed by atoms with Crippen LogP contribution in [-0.2, 0) is 0 Å². The van der Waals surface area contributed by atoms with Gasteiger partial charge in [0.15, 0.2) is 0 Å². The van der Waals surface area contributed by atoms with Crippen LogP contribution in [0.5, 0.6) is 0 Å². The third-order valence-corrected chi connectivity index (χ3v) is 3.37. The summed E-state index contributed by atoms with van der Waals surface area (Å²) >= 11 is 6.96. The van der Waals surface area contributed by atoms with Crippen LogP contribution in [0.3, 0.4) is 0 Å². The van der Waals surface area contributed by atoms with E-state index in [0.717, 1.165) is 0 Å². The van der Waals surface area contributed by atoms with Crippen molar-refractivity contribution < 1.29 is 9.18 Å². The molecular weight excluding hydrogens is 291 g/mol. The molecule has 0 aliphatic carbocycles. The summed E-state index contributed by atoms with van der Waals surface area (Å²) in [4.78, 5) is 16.7. The van der Waals surface area contributed by atoms with Gasteiger partial charge in [-0.05, 0) is 18.2 Å². The molecular formula is C11H6ClFN4OS. The SMILES string of the molecule is O=C(Nc1ccc(F)c(Cl)c1)c1cn2ncsc2n1. The molecule has 2 heterocycles. The molecule has 0 unspecified atom stereocenters. The minimum Gasteiger partial charge on any atom is -0.321 e. The van der Waals surface area contributed by atoms with Gasteiger partial charge in [0.25, 0.3) is 5.91 Å². The van der Waals surface area contributed by atoms with Gasteiger partial charge in [-0.1, -0.05) is 22.9 Å². The van der Waals surface area contributed by atoms with E-state index in [4.69, 9.17) is 11.6 Å². The smallest absolute Gasteiger partial charge is 0.275 e. The Labute approximate surface area is 115 Å². The summed E-state index contributed by atoms with van der Waals surface area (Å²) in [6, 6.07) is 3.95. The minimum absolute atomic E-state index is 0.0507. The van der Waals surface area contributed by atoms with Crippen molar-refractivity contribution in [2.45, 2.75) is 0 Å². The van der Waals surface area contributed by atoms with Gasteiger partial charge >= 0.3 is 0 Å². The monoisotopic (exact) mass is 296 g/mol. The number of aromatic nitrogens is 3. The Balaban J connectivity index is 1.84. The molecule has 0 saturated heterocycles. The molecule has 3 aromatic rings. The fourth-order valence-corrected chi connectivity index (χ4v) is 2.30. The van der Waals surface area contributed by atoms with Crippen LogP contribution in [0.15, 0.2) is 29.9 Å². The van der Waals surface area contributed by atoms with Crippen LogP contribution >= 0.6 is 22.9 Å². The van der Waals surface area contributed by atoms with Gasteiger partial charge in [-0.2, -0.15) is 5.10 Å². The van der Waals surface area contributed by atoms with E-state index >= 15 is 0 Å². The number of anilines is 1. The van der Waals surface area contributed by atoms with Gasteiger partial charge in [0.2, 0.25) is 4.96 Å². The highest BCUT2D eigenvalue weighted by atomic mass is 35.5. The van der Waals surface area contributed by atoms with Gasteiger partial charge in [0.1, 0.15) is 17.0 Å². The van der Waals surface area contributed by atoms with Gasteiger partial charge in [-0.25, -0.2) is 13.9 Å². The molecule has 1 aromatic carbocycles. The maximum absolute atomic E-state index is 13.0. The van der Waals surface area contributed by atoms with Crippen LogP contribution in [0.2, 0.25) is 5.02 Å². The molecule has 0 fully saturated rings. The van der Waals surface area contributed by atoms with Crippen molar-refractivity contribution >= 4 is 39.5 Å². The van der Waals surface area contributed by atoms with Crippen LogP contribution in [0.4, 0.5) is 10.1 Å². The third-order valence-electron chi connectivity index (χ3n) is 2.40. The van der Waals surface area contributed by atoms with E-state index in [1.165, 1.54) is 40.2 Å². The lowest BCUT2D eigenvalue weighted by Gasteiger charge is -2.03.